The summed E-state index contributed by atoms with van der Waals surface area (Å²) in [6.07, 6.45) is 0. The van der Waals surface area contributed by atoms with Crippen molar-refractivity contribution >= 4 is 21.6 Å². The summed E-state index contributed by atoms with van der Waals surface area (Å²) in [6, 6.07) is 4.44. The van der Waals surface area contributed by atoms with E-state index in [-0.39, 0.29) is 16.8 Å². The Bertz CT molecular complexity index is 715. The van der Waals surface area contributed by atoms with Crippen LogP contribution in [0.25, 0.3) is 0 Å². The number of sulfonamides is 1. The van der Waals surface area contributed by atoms with Crippen LogP contribution in [-0.2, 0) is 14.8 Å². The molecule has 1 aromatic rings. The van der Waals surface area contributed by atoms with Gasteiger partial charge in [-0.2, -0.15) is 0 Å². The highest BCUT2D eigenvalue weighted by Gasteiger charge is 2.24. The van der Waals surface area contributed by atoms with E-state index < -0.39 is 10.0 Å². The lowest BCUT2D eigenvalue weighted by Gasteiger charge is -2.31. The van der Waals surface area contributed by atoms with Gasteiger partial charge in [-0.15, -0.1) is 0 Å². The van der Waals surface area contributed by atoms with Crippen LogP contribution < -0.4 is 16.0 Å². The molecule has 0 radical (unpaired) electrons. The molecule has 3 N–H and O–H groups in total. The van der Waals surface area contributed by atoms with Gasteiger partial charge in [0.15, 0.2) is 0 Å². The highest BCUT2D eigenvalue weighted by Crippen LogP contribution is 2.26. The van der Waals surface area contributed by atoms with Gasteiger partial charge in [-0.3, -0.25) is 4.79 Å². The van der Waals surface area contributed by atoms with Crippen molar-refractivity contribution in [1.29, 1.82) is 0 Å². The number of morpholine rings is 1. The third-order valence-electron chi connectivity index (χ3n) is 4.07. The van der Waals surface area contributed by atoms with Crippen molar-refractivity contribution in [3.8, 4) is 0 Å². The first-order valence-electron chi connectivity index (χ1n) is 8.17. The fourth-order valence-corrected chi connectivity index (χ4v) is 3.44. The van der Waals surface area contributed by atoms with Gasteiger partial charge < -0.3 is 20.7 Å². The smallest absolute Gasteiger partial charge is 0.253 e. The molecule has 0 unspecified atom stereocenters. The summed E-state index contributed by atoms with van der Waals surface area (Å²) >= 11 is 0. The van der Waals surface area contributed by atoms with Crippen LogP contribution in [0.1, 0.15) is 17.3 Å². The van der Waals surface area contributed by atoms with Crippen molar-refractivity contribution in [3.63, 3.8) is 0 Å². The molecule has 2 rings (SSSR count). The van der Waals surface area contributed by atoms with Crippen molar-refractivity contribution in [1.82, 2.24) is 9.62 Å². The molecule has 9 heteroatoms. The molecule has 0 aliphatic carbocycles. The molecule has 8 nitrogen and oxygen atoms in total. The summed E-state index contributed by atoms with van der Waals surface area (Å²) in [6.45, 7) is 4.52. The van der Waals surface area contributed by atoms with Crippen LogP contribution in [0.3, 0.4) is 0 Å². The SMILES string of the molecule is C[C@@H](CN)NC(=O)c1cc(S(=O)(=O)N(C)C)ccc1N1CCOCC1. The number of rotatable bonds is 6. The normalized spacial score (nSPS) is 16.8. The predicted octanol–water partition coefficient (Wildman–Crippen LogP) is -0.149. The second-order valence-corrected chi connectivity index (χ2v) is 8.33. The van der Waals surface area contributed by atoms with Gasteiger partial charge in [0.2, 0.25) is 10.0 Å². The number of nitrogens with one attached hydrogen (secondary N) is 1. The first-order valence-corrected chi connectivity index (χ1v) is 9.61. The van der Waals surface area contributed by atoms with E-state index in [0.717, 1.165) is 4.31 Å². The van der Waals surface area contributed by atoms with Gasteiger partial charge in [-0.25, -0.2) is 12.7 Å². The van der Waals surface area contributed by atoms with Crippen molar-refractivity contribution in [2.75, 3.05) is 51.8 Å². The van der Waals surface area contributed by atoms with E-state index >= 15 is 0 Å². The van der Waals surface area contributed by atoms with Gasteiger partial charge in [0.25, 0.3) is 5.91 Å². The molecule has 1 aliphatic heterocycles. The van der Waals surface area contributed by atoms with Gasteiger partial charge >= 0.3 is 0 Å². The number of anilines is 1. The van der Waals surface area contributed by atoms with E-state index in [1.165, 1.54) is 26.2 Å². The average Bonchev–Trinajstić information content (AvgIpc) is 2.61. The molecule has 140 valence electrons. The molecule has 1 saturated heterocycles. The van der Waals surface area contributed by atoms with Gasteiger partial charge in [0.1, 0.15) is 0 Å². The Hall–Kier alpha value is -1.68. The number of amides is 1. The minimum absolute atomic E-state index is 0.0834. The maximum Gasteiger partial charge on any atom is 0.253 e. The molecule has 1 aliphatic rings. The Morgan fingerprint density at radius 2 is 2.00 bits per heavy atom. The number of carbonyl (C=O) groups is 1. The molecule has 1 heterocycles. The summed E-state index contributed by atoms with van der Waals surface area (Å²) in [5.74, 6) is -0.338. The minimum Gasteiger partial charge on any atom is -0.378 e. The molecule has 0 spiro atoms. The van der Waals surface area contributed by atoms with Gasteiger partial charge in [-0.1, -0.05) is 0 Å². The maximum atomic E-state index is 12.7. The van der Waals surface area contributed by atoms with Crippen LogP contribution >= 0.6 is 0 Å². The molecule has 1 fully saturated rings. The molecule has 1 aromatic carbocycles. The van der Waals surface area contributed by atoms with Crippen LogP contribution in [0.2, 0.25) is 0 Å². The molecule has 1 amide bonds. The Balaban J connectivity index is 2.46. The van der Waals surface area contributed by atoms with Gasteiger partial charge in [0.05, 0.1) is 23.7 Å². The lowest BCUT2D eigenvalue weighted by atomic mass is 10.1. The monoisotopic (exact) mass is 370 g/mol. The van der Waals surface area contributed by atoms with E-state index in [1.807, 2.05) is 4.90 Å². The predicted molar refractivity (Wildman–Crippen MR) is 96.3 cm³/mol. The van der Waals surface area contributed by atoms with E-state index in [2.05, 4.69) is 5.32 Å². The standard InChI is InChI=1S/C16H26N4O4S/c1-12(11-17)18-16(21)14-10-13(25(22,23)19(2)3)4-5-15(14)20-6-8-24-9-7-20/h4-5,10,12H,6-9,11,17H2,1-3H3,(H,18,21)/t12-/m0/s1. The van der Waals surface area contributed by atoms with E-state index in [1.54, 1.807) is 13.0 Å². The number of hydrogen-bond acceptors (Lipinski definition) is 6. The molecular weight excluding hydrogens is 344 g/mol. The number of carbonyl (C=O) groups excluding carboxylic acids is 1. The van der Waals surface area contributed by atoms with Gasteiger partial charge in [0, 0.05) is 45.5 Å². The third kappa shape index (κ3) is 4.49. The van der Waals surface area contributed by atoms with E-state index in [4.69, 9.17) is 10.5 Å². The topological polar surface area (TPSA) is 105 Å². The lowest BCUT2D eigenvalue weighted by molar-refractivity contribution is 0.0939. The van der Waals surface area contributed by atoms with Crippen molar-refractivity contribution in [2.45, 2.75) is 17.9 Å². The second-order valence-electron chi connectivity index (χ2n) is 6.18. The number of hydrogen-bond donors (Lipinski definition) is 2. The fourth-order valence-electron chi connectivity index (χ4n) is 2.51. The lowest BCUT2D eigenvalue weighted by Crippen LogP contribution is -2.41. The Labute approximate surface area is 149 Å². The average molecular weight is 370 g/mol. The van der Waals surface area contributed by atoms with Crippen molar-refractivity contribution < 1.29 is 17.9 Å². The highest BCUT2D eigenvalue weighted by molar-refractivity contribution is 7.89. The molecule has 0 bridgehead atoms. The first-order chi connectivity index (χ1) is 11.8. The number of nitrogens with two attached hydrogens (primary N) is 1. The molecule has 0 saturated carbocycles. The van der Waals surface area contributed by atoms with Crippen LogP contribution in [0.15, 0.2) is 23.1 Å². The Morgan fingerprint density at radius 3 is 2.56 bits per heavy atom. The van der Waals surface area contributed by atoms with Crippen LogP contribution in [0.5, 0.6) is 0 Å². The van der Waals surface area contributed by atoms with Crippen LogP contribution in [0.4, 0.5) is 5.69 Å². The summed E-state index contributed by atoms with van der Waals surface area (Å²) in [5, 5.41) is 2.80. The fraction of sp³-hybridized carbons (Fsp3) is 0.562. The number of ether oxygens (including phenoxy) is 1. The van der Waals surface area contributed by atoms with Crippen LogP contribution in [-0.4, -0.2) is 71.6 Å². The maximum absolute atomic E-state index is 12.7. The first kappa shape index (κ1) is 19.6. The molecule has 1 atom stereocenters. The molecular formula is C16H26N4O4S. The van der Waals surface area contributed by atoms with E-state index in [9.17, 15) is 13.2 Å². The molecule has 25 heavy (non-hydrogen) atoms. The van der Waals surface area contributed by atoms with Crippen molar-refractivity contribution in [2.24, 2.45) is 5.73 Å². The minimum atomic E-state index is -3.63. The number of benzene rings is 1. The van der Waals surface area contributed by atoms with Gasteiger partial charge in [-0.05, 0) is 25.1 Å². The van der Waals surface area contributed by atoms with Crippen LogP contribution in [0, 0.1) is 0 Å². The number of nitrogens with zero attached hydrogens (tertiary/aromatic N) is 2. The second kappa shape index (κ2) is 8.13. The zero-order valence-corrected chi connectivity index (χ0v) is 15.7. The largest absolute Gasteiger partial charge is 0.378 e. The summed E-state index contributed by atoms with van der Waals surface area (Å²) in [5.41, 5.74) is 6.60. The zero-order chi connectivity index (χ0) is 18.6. The zero-order valence-electron chi connectivity index (χ0n) is 14.9. The van der Waals surface area contributed by atoms with Crippen molar-refractivity contribution in [3.05, 3.63) is 23.8 Å². The summed E-state index contributed by atoms with van der Waals surface area (Å²) < 4.78 is 31.3. The summed E-state index contributed by atoms with van der Waals surface area (Å²) in [4.78, 5) is 14.8. The molecule has 0 aromatic heterocycles. The Morgan fingerprint density at radius 1 is 1.36 bits per heavy atom. The quantitative estimate of drug-likeness (QED) is 0.722. The third-order valence-corrected chi connectivity index (χ3v) is 5.89. The van der Waals surface area contributed by atoms with E-state index in [0.29, 0.717) is 44.1 Å². The highest BCUT2D eigenvalue weighted by atomic mass is 32.2. The Kier molecular flexibility index (Phi) is 6.39. The summed E-state index contributed by atoms with van der Waals surface area (Å²) in [7, 11) is -0.709.